The zero-order valence-electron chi connectivity index (χ0n) is 18.5. The SMILES string of the molecule is COc1ccc(NC(=O)Nc2ccc(Nc3nccc(Nc4cc(C5CC5)[nH]n4)n3)cc2)cc1. The molecule has 172 valence electrons. The number of nitrogens with zero attached hydrogens (tertiary/aromatic N) is 3. The van der Waals surface area contributed by atoms with Gasteiger partial charge in [-0.15, -0.1) is 0 Å². The van der Waals surface area contributed by atoms with Gasteiger partial charge in [-0.2, -0.15) is 10.1 Å². The van der Waals surface area contributed by atoms with E-state index in [1.54, 1.807) is 55.8 Å². The van der Waals surface area contributed by atoms with Crippen molar-refractivity contribution in [3.63, 3.8) is 0 Å². The topological polar surface area (TPSA) is 129 Å². The summed E-state index contributed by atoms with van der Waals surface area (Å²) in [6, 6.07) is 17.8. The number of nitrogens with one attached hydrogen (secondary N) is 5. The Morgan fingerprint density at radius 2 is 1.59 bits per heavy atom. The fourth-order valence-corrected chi connectivity index (χ4v) is 3.36. The Bertz CT molecular complexity index is 1270. The predicted octanol–water partition coefficient (Wildman–Crippen LogP) is 5.22. The summed E-state index contributed by atoms with van der Waals surface area (Å²) in [6.45, 7) is 0. The Morgan fingerprint density at radius 1 is 0.912 bits per heavy atom. The van der Waals surface area contributed by atoms with E-state index in [0.717, 1.165) is 22.9 Å². The van der Waals surface area contributed by atoms with Crippen molar-refractivity contribution in [2.75, 3.05) is 28.4 Å². The van der Waals surface area contributed by atoms with Crippen LogP contribution in [0.2, 0.25) is 0 Å². The van der Waals surface area contributed by atoms with Gasteiger partial charge in [-0.25, -0.2) is 9.78 Å². The minimum absolute atomic E-state index is 0.337. The van der Waals surface area contributed by atoms with Crippen LogP contribution in [0.15, 0.2) is 66.9 Å². The van der Waals surface area contributed by atoms with Crippen molar-refractivity contribution in [3.8, 4) is 5.75 Å². The number of hydrogen-bond acceptors (Lipinski definition) is 7. The molecule has 1 fully saturated rings. The van der Waals surface area contributed by atoms with E-state index in [0.29, 0.717) is 29.1 Å². The molecule has 5 N–H and O–H groups in total. The lowest BCUT2D eigenvalue weighted by Crippen LogP contribution is -2.19. The van der Waals surface area contributed by atoms with Crippen LogP contribution in [0.25, 0.3) is 0 Å². The van der Waals surface area contributed by atoms with E-state index in [4.69, 9.17) is 4.74 Å². The molecule has 2 aromatic heterocycles. The van der Waals surface area contributed by atoms with Crippen LogP contribution in [0.4, 0.5) is 39.4 Å². The van der Waals surface area contributed by atoms with Crippen molar-refractivity contribution in [2.45, 2.75) is 18.8 Å². The minimum Gasteiger partial charge on any atom is -0.497 e. The first-order valence-corrected chi connectivity index (χ1v) is 10.9. The average Bonchev–Trinajstić information content (AvgIpc) is 3.60. The third kappa shape index (κ3) is 5.41. The van der Waals surface area contributed by atoms with E-state index < -0.39 is 0 Å². The van der Waals surface area contributed by atoms with E-state index in [-0.39, 0.29) is 6.03 Å². The van der Waals surface area contributed by atoms with Crippen molar-refractivity contribution in [1.29, 1.82) is 0 Å². The van der Waals surface area contributed by atoms with E-state index in [1.165, 1.54) is 12.8 Å². The summed E-state index contributed by atoms with van der Waals surface area (Å²) in [5.41, 5.74) is 3.26. The predicted molar refractivity (Wildman–Crippen MR) is 131 cm³/mol. The van der Waals surface area contributed by atoms with E-state index in [2.05, 4.69) is 41.4 Å². The maximum atomic E-state index is 12.2. The van der Waals surface area contributed by atoms with E-state index in [9.17, 15) is 4.79 Å². The molecule has 4 aromatic rings. The van der Waals surface area contributed by atoms with Gasteiger partial charge in [-0.05, 0) is 67.4 Å². The van der Waals surface area contributed by atoms with E-state index >= 15 is 0 Å². The van der Waals surface area contributed by atoms with Gasteiger partial charge >= 0.3 is 6.03 Å². The molecule has 1 saturated carbocycles. The van der Waals surface area contributed by atoms with Crippen molar-refractivity contribution >= 4 is 40.7 Å². The van der Waals surface area contributed by atoms with Gasteiger partial charge < -0.3 is 26.0 Å². The molecule has 10 nitrogen and oxygen atoms in total. The Labute approximate surface area is 196 Å². The van der Waals surface area contributed by atoms with Crippen LogP contribution in [0.3, 0.4) is 0 Å². The fraction of sp³-hybridized carbons (Fsp3) is 0.167. The molecule has 1 aliphatic carbocycles. The Morgan fingerprint density at radius 3 is 2.26 bits per heavy atom. The van der Waals surface area contributed by atoms with Crippen molar-refractivity contribution in [2.24, 2.45) is 0 Å². The highest BCUT2D eigenvalue weighted by atomic mass is 16.5. The molecule has 5 rings (SSSR count). The van der Waals surface area contributed by atoms with Crippen LogP contribution in [-0.2, 0) is 0 Å². The molecule has 0 atom stereocenters. The number of benzene rings is 2. The van der Waals surface area contributed by atoms with Gasteiger partial charge in [0, 0.05) is 40.9 Å². The number of hydrogen-bond donors (Lipinski definition) is 5. The first kappa shape index (κ1) is 21.3. The number of aromatic nitrogens is 4. The van der Waals surface area contributed by atoms with Gasteiger partial charge in [0.2, 0.25) is 5.95 Å². The van der Waals surface area contributed by atoms with Crippen molar-refractivity contribution < 1.29 is 9.53 Å². The molecule has 0 radical (unpaired) electrons. The van der Waals surface area contributed by atoms with Gasteiger partial charge in [-0.1, -0.05) is 0 Å². The number of H-pyrrole nitrogens is 1. The lowest BCUT2D eigenvalue weighted by atomic mass is 10.3. The maximum Gasteiger partial charge on any atom is 0.323 e. The van der Waals surface area contributed by atoms with Crippen LogP contribution in [-0.4, -0.2) is 33.3 Å². The first-order chi connectivity index (χ1) is 16.6. The molecule has 1 aliphatic rings. The largest absolute Gasteiger partial charge is 0.497 e. The van der Waals surface area contributed by atoms with Crippen LogP contribution >= 0.6 is 0 Å². The zero-order chi connectivity index (χ0) is 23.3. The highest BCUT2D eigenvalue weighted by Crippen LogP contribution is 2.39. The third-order valence-corrected chi connectivity index (χ3v) is 5.27. The monoisotopic (exact) mass is 456 g/mol. The number of aromatic amines is 1. The maximum absolute atomic E-state index is 12.2. The molecular weight excluding hydrogens is 432 g/mol. The number of amides is 2. The summed E-state index contributed by atoms with van der Waals surface area (Å²) in [6.07, 6.45) is 4.10. The van der Waals surface area contributed by atoms with Crippen LogP contribution in [0.1, 0.15) is 24.5 Å². The molecule has 0 aliphatic heterocycles. The molecular formula is C24H24N8O2. The van der Waals surface area contributed by atoms with Gasteiger partial charge in [0.15, 0.2) is 5.82 Å². The Balaban J connectivity index is 1.16. The summed E-state index contributed by atoms with van der Waals surface area (Å²) < 4.78 is 5.12. The number of rotatable bonds is 8. The first-order valence-electron chi connectivity index (χ1n) is 10.9. The molecule has 10 heteroatoms. The molecule has 0 saturated heterocycles. The lowest BCUT2D eigenvalue weighted by molar-refractivity contribution is 0.262. The second-order valence-corrected chi connectivity index (χ2v) is 7.88. The van der Waals surface area contributed by atoms with Crippen LogP contribution < -0.4 is 26.0 Å². The number of methoxy groups -OCH3 is 1. The van der Waals surface area contributed by atoms with Crippen LogP contribution in [0.5, 0.6) is 5.75 Å². The Hall–Kier alpha value is -4.60. The third-order valence-electron chi connectivity index (χ3n) is 5.27. The molecule has 0 spiro atoms. The van der Waals surface area contributed by atoms with Gasteiger partial charge in [0.25, 0.3) is 0 Å². The van der Waals surface area contributed by atoms with Crippen molar-refractivity contribution in [1.82, 2.24) is 20.2 Å². The summed E-state index contributed by atoms with van der Waals surface area (Å²) in [4.78, 5) is 21.0. The highest BCUT2D eigenvalue weighted by Gasteiger charge is 2.25. The van der Waals surface area contributed by atoms with Gasteiger partial charge in [0.1, 0.15) is 11.6 Å². The Kier molecular flexibility index (Phi) is 5.93. The number of carbonyl (C=O) groups is 1. The smallest absolute Gasteiger partial charge is 0.323 e. The summed E-state index contributed by atoms with van der Waals surface area (Å²) in [7, 11) is 1.60. The number of ether oxygens (including phenoxy) is 1. The molecule has 0 unspecified atom stereocenters. The lowest BCUT2D eigenvalue weighted by Gasteiger charge is -2.10. The summed E-state index contributed by atoms with van der Waals surface area (Å²) >= 11 is 0. The fourth-order valence-electron chi connectivity index (χ4n) is 3.36. The zero-order valence-corrected chi connectivity index (χ0v) is 18.5. The summed E-state index contributed by atoms with van der Waals surface area (Å²) in [5.74, 6) is 3.15. The van der Waals surface area contributed by atoms with Gasteiger partial charge in [-0.3, -0.25) is 5.10 Å². The highest BCUT2D eigenvalue weighted by molar-refractivity contribution is 5.99. The molecule has 2 aromatic carbocycles. The number of carbonyl (C=O) groups excluding carboxylic acids is 1. The molecule has 2 amide bonds. The van der Waals surface area contributed by atoms with Crippen molar-refractivity contribution in [3.05, 3.63) is 72.6 Å². The standard InChI is InChI=1S/C24H24N8O2/c1-34-19-10-8-18(9-11-19)28-24(33)27-17-6-4-16(5-7-17)26-23-25-13-12-21(30-23)29-22-14-20(31-32-22)15-2-3-15/h4-15H,2-3H2,1H3,(H2,27,28,33)(H3,25,26,29,30,31,32). The number of urea groups is 1. The minimum atomic E-state index is -0.337. The van der Waals surface area contributed by atoms with E-state index in [1.807, 2.05) is 18.2 Å². The second-order valence-electron chi connectivity index (χ2n) is 7.88. The van der Waals surface area contributed by atoms with Gasteiger partial charge in [0.05, 0.1) is 7.11 Å². The molecule has 0 bridgehead atoms. The average molecular weight is 457 g/mol. The second kappa shape index (κ2) is 9.49. The van der Waals surface area contributed by atoms with Crippen LogP contribution in [0, 0.1) is 0 Å². The normalized spacial score (nSPS) is 12.6. The molecule has 34 heavy (non-hydrogen) atoms. The quantitative estimate of drug-likeness (QED) is 0.246. The molecule has 2 heterocycles. The summed E-state index contributed by atoms with van der Waals surface area (Å²) in [5, 5.41) is 19.3. The number of anilines is 6.